The molecule has 0 fully saturated rings. The smallest absolute Gasteiger partial charge is 0.422 e. The van der Waals surface area contributed by atoms with E-state index in [-0.39, 0.29) is 0 Å². The lowest BCUT2D eigenvalue weighted by atomic mass is 10.3. The third-order valence-electron chi connectivity index (χ3n) is 2.22. The van der Waals surface area contributed by atoms with Gasteiger partial charge in [0.2, 0.25) is 4.90 Å². The van der Waals surface area contributed by atoms with Crippen LogP contribution in [-0.4, -0.2) is 51.5 Å². The van der Waals surface area contributed by atoms with Crippen LogP contribution in [0.25, 0.3) is 0 Å². The van der Waals surface area contributed by atoms with Gasteiger partial charge in [0.25, 0.3) is 15.7 Å². The van der Waals surface area contributed by atoms with Crippen LogP contribution in [0.15, 0.2) is 27.5 Å². The predicted octanol–water partition coefficient (Wildman–Crippen LogP) is 1.81. The zero-order chi connectivity index (χ0) is 17.8. The van der Waals surface area contributed by atoms with Crippen molar-refractivity contribution in [2.75, 3.05) is 20.7 Å². The van der Waals surface area contributed by atoms with E-state index in [9.17, 15) is 31.7 Å². The van der Waals surface area contributed by atoms with Crippen LogP contribution in [0.1, 0.15) is 0 Å². The largest absolute Gasteiger partial charge is 0.482 e. The number of alkyl halides is 3. The fourth-order valence-corrected chi connectivity index (χ4v) is 2.60. The minimum atomic E-state index is -4.74. The molecule has 0 aromatic heterocycles. The van der Waals surface area contributed by atoms with Crippen molar-refractivity contribution in [2.24, 2.45) is 4.40 Å². The predicted molar refractivity (Wildman–Crippen MR) is 74.0 cm³/mol. The molecule has 0 heterocycles. The Morgan fingerprint density at radius 3 is 2.48 bits per heavy atom. The number of ether oxygens (including phenoxy) is 1. The van der Waals surface area contributed by atoms with Gasteiger partial charge >= 0.3 is 6.18 Å². The first kappa shape index (κ1) is 18.7. The van der Waals surface area contributed by atoms with Crippen LogP contribution in [-0.2, 0) is 10.0 Å². The Morgan fingerprint density at radius 1 is 1.39 bits per heavy atom. The van der Waals surface area contributed by atoms with Crippen LogP contribution in [0.5, 0.6) is 5.75 Å². The highest BCUT2D eigenvalue weighted by atomic mass is 32.2. The third-order valence-corrected chi connectivity index (χ3v) is 3.52. The summed E-state index contributed by atoms with van der Waals surface area (Å²) in [4.78, 5) is 10.1. The molecule has 0 spiro atoms. The maximum absolute atomic E-state index is 12.2. The number of nitro benzene ring substituents is 1. The van der Waals surface area contributed by atoms with Gasteiger partial charge in [0.1, 0.15) is 12.1 Å². The highest BCUT2D eigenvalue weighted by Gasteiger charge is 2.33. The minimum absolute atomic E-state index is 0.799. The molecule has 0 aliphatic heterocycles. The van der Waals surface area contributed by atoms with E-state index >= 15 is 0 Å². The molecule has 1 aromatic rings. The van der Waals surface area contributed by atoms with Gasteiger partial charge in [-0.25, -0.2) is 0 Å². The zero-order valence-corrected chi connectivity index (χ0v) is 12.8. The average molecular weight is 355 g/mol. The Bertz CT molecular complexity index is 716. The summed E-state index contributed by atoms with van der Waals surface area (Å²) in [6, 6.07) is 2.73. The summed E-state index contributed by atoms with van der Waals surface area (Å²) in [6.45, 7) is -1.80. The molecule has 0 radical (unpaired) electrons. The molecule has 0 saturated carbocycles. The third kappa shape index (κ3) is 5.39. The second-order valence-electron chi connectivity index (χ2n) is 4.42. The lowest BCUT2D eigenvalue weighted by molar-refractivity contribution is -0.388. The Kier molecular flexibility index (Phi) is 5.53. The molecule has 0 atom stereocenters. The Morgan fingerprint density at radius 2 is 2.00 bits per heavy atom. The van der Waals surface area contributed by atoms with Gasteiger partial charge in [-0.3, -0.25) is 10.1 Å². The molecule has 0 bridgehead atoms. The van der Waals surface area contributed by atoms with Crippen molar-refractivity contribution in [3.8, 4) is 5.75 Å². The Labute approximate surface area is 129 Å². The number of halogens is 3. The molecule has 0 aliphatic carbocycles. The number of hydrogen-bond acceptors (Lipinski definition) is 5. The molecule has 0 N–H and O–H groups in total. The van der Waals surface area contributed by atoms with E-state index in [0.717, 1.165) is 24.5 Å². The molecule has 0 unspecified atom stereocenters. The van der Waals surface area contributed by atoms with E-state index in [1.807, 2.05) is 0 Å². The van der Waals surface area contributed by atoms with Gasteiger partial charge in [-0.05, 0) is 6.07 Å². The molecule has 1 aromatic carbocycles. The molecule has 8 nitrogen and oxygen atoms in total. The van der Waals surface area contributed by atoms with Crippen molar-refractivity contribution in [3.63, 3.8) is 0 Å². The normalized spacial score (nSPS) is 12.4. The van der Waals surface area contributed by atoms with Gasteiger partial charge in [0.05, 0.1) is 4.92 Å². The summed E-state index contributed by atoms with van der Waals surface area (Å²) in [7, 11) is -1.75. The summed E-state index contributed by atoms with van der Waals surface area (Å²) >= 11 is 0. The van der Waals surface area contributed by atoms with Crippen LogP contribution in [0.4, 0.5) is 18.9 Å². The first-order chi connectivity index (χ1) is 10.4. The van der Waals surface area contributed by atoms with Gasteiger partial charge in [-0.2, -0.15) is 21.6 Å². The van der Waals surface area contributed by atoms with Crippen molar-refractivity contribution in [2.45, 2.75) is 11.1 Å². The fourth-order valence-electron chi connectivity index (χ4n) is 1.39. The number of hydrogen-bond donors (Lipinski definition) is 0. The number of sulfonamides is 1. The topological polar surface area (TPSA) is 102 Å². The zero-order valence-electron chi connectivity index (χ0n) is 11.9. The quantitative estimate of drug-likeness (QED) is 0.334. The molecular weight excluding hydrogens is 343 g/mol. The van der Waals surface area contributed by atoms with Gasteiger partial charge in [0.15, 0.2) is 6.61 Å². The molecule has 128 valence electrons. The maximum atomic E-state index is 12.2. The summed E-state index contributed by atoms with van der Waals surface area (Å²) < 4.78 is 68.5. The standard InChI is InChI=1S/C11H12F3N3O5S/c1-16(2)7-15-23(20,21)10-8(17(18)19)4-3-5-9(10)22-6-11(12,13)14/h3-5,7H,6H2,1-2H3/b15-7+. The van der Waals surface area contributed by atoms with Gasteiger partial charge in [-0.1, -0.05) is 6.07 Å². The molecule has 0 aliphatic rings. The first-order valence-electron chi connectivity index (χ1n) is 5.88. The molecular formula is C11H12F3N3O5S. The highest BCUT2D eigenvalue weighted by molar-refractivity contribution is 7.90. The monoisotopic (exact) mass is 355 g/mol. The summed E-state index contributed by atoms with van der Waals surface area (Å²) in [5.41, 5.74) is -0.930. The van der Waals surface area contributed by atoms with E-state index < -0.39 is 44.1 Å². The van der Waals surface area contributed by atoms with Crippen molar-refractivity contribution >= 4 is 22.0 Å². The number of nitrogens with zero attached hydrogens (tertiary/aromatic N) is 3. The second-order valence-corrected chi connectivity index (χ2v) is 5.99. The fraction of sp³-hybridized carbons (Fsp3) is 0.364. The van der Waals surface area contributed by atoms with E-state index in [2.05, 4.69) is 9.13 Å². The number of rotatable bonds is 6. The van der Waals surface area contributed by atoms with Crippen LogP contribution in [0, 0.1) is 10.1 Å². The first-order valence-corrected chi connectivity index (χ1v) is 7.32. The lowest BCUT2D eigenvalue weighted by Gasteiger charge is -2.12. The Balaban J connectivity index is 3.44. The van der Waals surface area contributed by atoms with Gasteiger partial charge in [0, 0.05) is 20.2 Å². The molecule has 1 rings (SSSR count). The van der Waals surface area contributed by atoms with Crippen LogP contribution < -0.4 is 4.74 Å². The highest BCUT2D eigenvalue weighted by Crippen LogP contribution is 2.35. The SMILES string of the molecule is CN(C)/C=N/S(=O)(=O)c1c(OCC(F)(F)F)cccc1[N+](=O)[O-]. The molecule has 12 heteroatoms. The molecule has 0 amide bonds. The molecule has 23 heavy (non-hydrogen) atoms. The van der Waals surface area contributed by atoms with E-state index in [4.69, 9.17) is 0 Å². The van der Waals surface area contributed by atoms with Gasteiger partial charge < -0.3 is 9.64 Å². The summed E-state index contributed by atoms with van der Waals surface area (Å²) in [6.07, 6.45) is -3.89. The van der Waals surface area contributed by atoms with Crippen molar-refractivity contribution in [3.05, 3.63) is 28.3 Å². The average Bonchev–Trinajstić information content (AvgIpc) is 2.41. The van der Waals surface area contributed by atoms with Crippen molar-refractivity contribution < 1.29 is 31.2 Å². The van der Waals surface area contributed by atoms with Crippen LogP contribution in [0.2, 0.25) is 0 Å². The Hall–Kier alpha value is -2.37. The number of benzene rings is 1. The van der Waals surface area contributed by atoms with Crippen LogP contribution >= 0.6 is 0 Å². The van der Waals surface area contributed by atoms with Crippen LogP contribution in [0.3, 0.4) is 0 Å². The number of nitro groups is 1. The summed E-state index contributed by atoms with van der Waals surface area (Å²) in [5.74, 6) is -0.799. The maximum Gasteiger partial charge on any atom is 0.422 e. The summed E-state index contributed by atoms with van der Waals surface area (Å²) in [5, 5.41) is 11.0. The second kappa shape index (κ2) is 6.81. The van der Waals surface area contributed by atoms with E-state index in [0.29, 0.717) is 0 Å². The van der Waals surface area contributed by atoms with E-state index in [1.54, 1.807) is 0 Å². The van der Waals surface area contributed by atoms with Crippen molar-refractivity contribution in [1.29, 1.82) is 0 Å². The minimum Gasteiger partial charge on any atom is -0.482 e. The van der Waals surface area contributed by atoms with Crippen molar-refractivity contribution in [1.82, 2.24) is 4.90 Å². The molecule has 0 saturated heterocycles. The van der Waals surface area contributed by atoms with Gasteiger partial charge in [-0.15, -0.1) is 4.40 Å². The lowest BCUT2D eigenvalue weighted by Crippen LogP contribution is -2.20. The van der Waals surface area contributed by atoms with E-state index in [1.165, 1.54) is 19.0 Å².